The Balaban J connectivity index is 1.44. The minimum absolute atomic E-state index is 0.0244. The molecule has 0 atom stereocenters. The molecule has 2 fully saturated rings. The van der Waals surface area contributed by atoms with Gasteiger partial charge in [-0.15, -0.1) is 0 Å². The van der Waals surface area contributed by atoms with Crippen molar-refractivity contribution >= 4 is 39.4 Å². The van der Waals surface area contributed by atoms with Crippen LogP contribution in [0.5, 0.6) is 0 Å². The van der Waals surface area contributed by atoms with E-state index in [1.54, 1.807) is 0 Å². The second kappa shape index (κ2) is 10.0. The number of aliphatic imine (C=N–C) groups is 1. The fourth-order valence-electron chi connectivity index (χ4n) is 5.06. The van der Waals surface area contributed by atoms with Crippen LogP contribution in [0.4, 0.5) is 14.5 Å². The first-order valence-electron chi connectivity index (χ1n) is 12.2. The zero-order valence-electron chi connectivity index (χ0n) is 20.8. The number of hydrogen-bond donors (Lipinski definition) is 1. The van der Waals surface area contributed by atoms with Crippen LogP contribution in [0.15, 0.2) is 22.5 Å². The molecule has 1 aromatic carbocycles. The maximum Gasteiger partial charge on any atom is 0.253 e. The highest BCUT2D eigenvalue weighted by molar-refractivity contribution is 7.92. The van der Waals surface area contributed by atoms with E-state index in [4.69, 9.17) is 4.99 Å². The molecule has 2 aliphatic heterocycles. The lowest BCUT2D eigenvalue weighted by Crippen LogP contribution is -2.50. The second-order valence-corrected chi connectivity index (χ2v) is 11.9. The Morgan fingerprint density at radius 2 is 1.75 bits per heavy atom. The first-order valence-corrected chi connectivity index (χ1v) is 13.7. The average molecular weight is 523 g/mol. The van der Waals surface area contributed by atoms with E-state index in [0.29, 0.717) is 5.92 Å². The summed E-state index contributed by atoms with van der Waals surface area (Å²) < 4.78 is 56.0. The van der Waals surface area contributed by atoms with Crippen LogP contribution < -0.4 is 10.2 Å². The molecular formula is C25H32F2N4O4S. The fraction of sp³-hybridized carbons (Fsp3) is 0.560. The van der Waals surface area contributed by atoms with Gasteiger partial charge in [0.15, 0.2) is 0 Å². The second-order valence-electron chi connectivity index (χ2n) is 10.1. The minimum Gasteiger partial charge on any atom is -0.316 e. The lowest BCUT2D eigenvalue weighted by molar-refractivity contribution is -0.125. The maximum absolute atomic E-state index is 14.5. The molecule has 1 spiro atoms. The molecule has 2 heterocycles. The summed E-state index contributed by atoms with van der Waals surface area (Å²) in [5.41, 5.74) is -1.44. The normalized spacial score (nSPS) is 24.7. The van der Waals surface area contributed by atoms with E-state index in [-0.39, 0.29) is 43.4 Å². The minimum atomic E-state index is -3.98. The molecule has 1 N–H and O–H groups in total. The Kier molecular flexibility index (Phi) is 7.34. The third-order valence-corrected chi connectivity index (χ3v) is 9.21. The number of rotatable bonds is 5. The van der Waals surface area contributed by atoms with Crippen LogP contribution in [0.25, 0.3) is 6.08 Å². The summed E-state index contributed by atoms with van der Waals surface area (Å²) in [6.45, 7) is 3.64. The van der Waals surface area contributed by atoms with Crippen LogP contribution in [0.1, 0.15) is 57.9 Å². The van der Waals surface area contributed by atoms with Gasteiger partial charge in [0.1, 0.15) is 23.0 Å². The number of carbonyl (C=O) groups excluding carboxylic acids is 2. The lowest BCUT2D eigenvalue weighted by Gasteiger charge is -2.34. The van der Waals surface area contributed by atoms with Gasteiger partial charge in [0.25, 0.3) is 5.91 Å². The Hall–Kier alpha value is -2.66. The Morgan fingerprint density at radius 3 is 2.31 bits per heavy atom. The number of hydrogen-bond acceptors (Lipinski definition) is 5. The molecule has 2 amide bonds. The summed E-state index contributed by atoms with van der Waals surface area (Å²) >= 11 is 0. The summed E-state index contributed by atoms with van der Waals surface area (Å²) in [5.74, 6) is -0.899. The van der Waals surface area contributed by atoms with Gasteiger partial charge in [-0.1, -0.05) is 19.8 Å². The van der Waals surface area contributed by atoms with Crippen molar-refractivity contribution in [2.45, 2.75) is 57.9 Å². The number of amidine groups is 1. The van der Waals surface area contributed by atoms with Crippen molar-refractivity contribution in [3.05, 3.63) is 34.7 Å². The van der Waals surface area contributed by atoms with Gasteiger partial charge >= 0.3 is 0 Å². The SMILES string of the molecule is CC(=O)N(C)c1cc(F)c(C=CS(=O)(=O)N2CCC3(CC2)N=C(C2CCC(C)CC2)NC3=O)c(F)c1. The summed E-state index contributed by atoms with van der Waals surface area (Å²) in [6, 6.07) is 1.95. The molecular weight excluding hydrogens is 490 g/mol. The van der Waals surface area contributed by atoms with Crippen LogP contribution >= 0.6 is 0 Å². The van der Waals surface area contributed by atoms with Crippen molar-refractivity contribution in [1.29, 1.82) is 0 Å². The standard InChI is InChI=1S/C25H32F2N4O4S/c1-16-4-6-18(7-5-16)23-28-24(33)25(29-23)9-11-31(12-10-25)36(34,35)13-8-20-21(26)14-19(15-22(20)27)30(3)17(2)32/h8,13-16,18H,4-7,9-12H2,1-3H3,(H,28,29,33). The van der Waals surface area contributed by atoms with Gasteiger partial charge in [-0.25, -0.2) is 17.2 Å². The molecule has 11 heteroatoms. The number of amides is 2. The fourth-order valence-corrected chi connectivity index (χ4v) is 6.24. The zero-order valence-corrected chi connectivity index (χ0v) is 21.6. The van der Waals surface area contributed by atoms with Crippen molar-refractivity contribution in [2.24, 2.45) is 16.8 Å². The van der Waals surface area contributed by atoms with E-state index in [1.165, 1.54) is 18.3 Å². The molecule has 0 unspecified atom stereocenters. The highest BCUT2D eigenvalue weighted by Crippen LogP contribution is 2.36. The van der Waals surface area contributed by atoms with Crippen LogP contribution in [-0.4, -0.2) is 56.0 Å². The van der Waals surface area contributed by atoms with Crippen LogP contribution in [0, 0.1) is 23.5 Å². The van der Waals surface area contributed by atoms with Crippen molar-refractivity contribution in [1.82, 2.24) is 9.62 Å². The Bertz CT molecular complexity index is 1190. The smallest absolute Gasteiger partial charge is 0.253 e. The number of benzene rings is 1. The summed E-state index contributed by atoms with van der Waals surface area (Å²) in [5, 5.41) is 3.72. The summed E-state index contributed by atoms with van der Waals surface area (Å²) in [6.07, 6.45) is 5.54. The number of sulfonamides is 1. The number of nitrogens with one attached hydrogen (secondary N) is 1. The molecule has 1 saturated heterocycles. The molecule has 196 valence electrons. The zero-order chi connectivity index (χ0) is 26.3. The van der Waals surface area contributed by atoms with E-state index in [2.05, 4.69) is 12.2 Å². The third-order valence-electron chi connectivity index (χ3n) is 7.64. The van der Waals surface area contributed by atoms with E-state index in [0.717, 1.165) is 60.0 Å². The molecule has 1 saturated carbocycles. The first-order chi connectivity index (χ1) is 16.9. The molecule has 1 aromatic rings. The summed E-state index contributed by atoms with van der Waals surface area (Å²) in [4.78, 5) is 30.1. The van der Waals surface area contributed by atoms with Crippen molar-refractivity contribution in [2.75, 3.05) is 25.0 Å². The summed E-state index contributed by atoms with van der Waals surface area (Å²) in [7, 11) is -2.60. The van der Waals surface area contributed by atoms with E-state index >= 15 is 0 Å². The van der Waals surface area contributed by atoms with Gasteiger partial charge in [-0.3, -0.25) is 14.6 Å². The molecule has 1 aliphatic carbocycles. The van der Waals surface area contributed by atoms with Gasteiger partial charge in [0.05, 0.1) is 0 Å². The van der Waals surface area contributed by atoms with Gasteiger partial charge in [0, 0.05) is 49.6 Å². The molecule has 8 nitrogen and oxygen atoms in total. The number of nitrogens with zero attached hydrogens (tertiary/aromatic N) is 3. The van der Waals surface area contributed by atoms with Gasteiger partial charge in [-0.05, 0) is 49.8 Å². The molecule has 4 rings (SSSR count). The largest absolute Gasteiger partial charge is 0.316 e. The Morgan fingerprint density at radius 1 is 1.17 bits per heavy atom. The molecule has 0 radical (unpaired) electrons. The predicted octanol–water partition coefficient (Wildman–Crippen LogP) is 3.44. The molecule has 0 aromatic heterocycles. The van der Waals surface area contributed by atoms with Gasteiger partial charge in [-0.2, -0.15) is 4.31 Å². The first kappa shape index (κ1) is 26.4. The van der Waals surface area contributed by atoms with E-state index in [9.17, 15) is 26.8 Å². The van der Waals surface area contributed by atoms with E-state index in [1.807, 2.05) is 0 Å². The lowest BCUT2D eigenvalue weighted by atomic mass is 9.82. The van der Waals surface area contributed by atoms with E-state index < -0.39 is 38.7 Å². The Labute approximate surface area is 210 Å². The number of piperidine rings is 1. The van der Waals surface area contributed by atoms with Crippen LogP contribution in [0.2, 0.25) is 0 Å². The predicted molar refractivity (Wildman–Crippen MR) is 134 cm³/mol. The van der Waals surface area contributed by atoms with Crippen molar-refractivity contribution in [3.63, 3.8) is 0 Å². The third kappa shape index (κ3) is 5.22. The quantitative estimate of drug-likeness (QED) is 0.641. The topological polar surface area (TPSA) is 99.2 Å². The van der Waals surface area contributed by atoms with Gasteiger partial charge in [0.2, 0.25) is 15.9 Å². The number of halogens is 2. The van der Waals surface area contributed by atoms with Crippen molar-refractivity contribution < 1.29 is 26.8 Å². The highest BCUT2D eigenvalue weighted by Gasteiger charge is 2.48. The molecule has 0 bridgehead atoms. The monoisotopic (exact) mass is 522 g/mol. The van der Waals surface area contributed by atoms with Gasteiger partial charge < -0.3 is 10.2 Å². The average Bonchev–Trinajstić information content (AvgIpc) is 3.13. The maximum atomic E-state index is 14.5. The van der Waals surface area contributed by atoms with Crippen molar-refractivity contribution in [3.8, 4) is 0 Å². The molecule has 3 aliphatic rings. The highest BCUT2D eigenvalue weighted by atomic mass is 32.2. The molecule has 36 heavy (non-hydrogen) atoms. The van der Waals surface area contributed by atoms with Crippen LogP contribution in [-0.2, 0) is 19.6 Å². The van der Waals surface area contributed by atoms with Crippen LogP contribution in [0.3, 0.4) is 0 Å². The number of anilines is 1. The number of carbonyl (C=O) groups is 2.